The third-order valence-corrected chi connectivity index (χ3v) is 2.83. The number of carboxylic acid groups (broad SMARTS) is 1. The zero-order chi connectivity index (χ0) is 13.8. The predicted molar refractivity (Wildman–Crippen MR) is 68.9 cm³/mol. The van der Waals surface area contributed by atoms with Gasteiger partial charge in [-0.3, -0.25) is 4.79 Å². The van der Waals surface area contributed by atoms with Crippen LogP contribution in [0.5, 0.6) is 5.75 Å². The average molecular weight is 259 g/mol. The number of terminal acetylenes is 1. The molecule has 0 bridgehead atoms. The number of benzene rings is 1. The Morgan fingerprint density at radius 3 is 2.89 bits per heavy atom. The van der Waals surface area contributed by atoms with Crippen LogP contribution < -0.4 is 9.64 Å². The molecule has 1 aromatic rings. The first-order valence-corrected chi connectivity index (χ1v) is 5.86. The van der Waals surface area contributed by atoms with Crippen LogP contribution >= 0.6 is 0 Å². The fraction of sp³-hybridized carbons (Fsp3) is 0.286. The van der Waals surface area contributed by atoms with Gasteiger partial charge < -0.3 is 14.7 Å². The molecule has 19 heavy (non-hydrogen) atoms. The van der Waals surface area contributed by atoms with E-state index >= 15 is 0 Å². The minimum Gasteiger partial charge on any atom is -0.478 e. The van der Waals surface area contributed by atoms with E-state index in [1.165, 1.54) is 4.90 Å². The summed E-state index contributed by atoms with van der Waals surface area (Å²) < 4.78 is 5.34. The van der Waals surface area contributed by atoms with E-state index in [1.807, 2.05) is 0 Å². The van der Waals surface area contributed by atoms with Gasteiger partial charge >= 0.3 is 5.97 Å². The molecule has 98 valence electrons. The van der Waals surface area contributed by atoms with Crippen LogP contribution in [0.2, 0.25) is 0 Å². The molecule has 1 aliphatic rings. The number of carboxylic acids is 1. The molecular formula is C14H13NO4. The first-order chi connectivity index (χ1) is 9.13. The number of hydrogen-bond acceptors (Lipinski definition) is 3. The number of para-hydroxylation sites is 2. The Balaban J connectivity index is 2.29. The molecular weight excluding hydrogens is 246 g/mol. The number of fused-ring (bicyclic) bond motifs is 1. The molecule has 0 radical (unpaired) electrons. The molecule has 0 fully saturated rings. The standard InChI is InChI=1S/C14H13NO4/c1-2-3-8-13(16)15-9-12(14(17)18)19-11-7-5-4-6-10(11)15/h1,4-7,12H,3,8-9H2,(H,17,18). The second kappa shape index (κ2) is 5.44. The van der Waals surface area contributed by atoms with Crippen LogP contribution in [0.4, 0.5) is 5.69 Å². The molecule has 1 heterocycles. The number of rotatable bonds is 3. The second-order valence-corrected chi connectivity index (χ2v) is 4.12. The van der Waals surface area contributed by atoms with E-state index in [-0.39, 0.29) is 18.9 Å². The normalized spacial score (nSPS) is 17.0. The van der Waals surface area contributed by atoms with E-state index in [4.69, 9.17) is 16.3 Å². The van der Waals surface area contributed by atoms with E-state index in [0.29, 0.717) is 17.9 Å². The summed E-state index contributed by atoms with van der Waals surface area (Å²) in [6, 6.07) is 6.87. The van der Waals surface area contributed by atoms with Gasteiger partial charge in [0.25, 0.3) is 0 Å². The monoisotopic (exact) mass is 259 g/mol. The zero-order valence-electron chi connectivity index (χ0n) is 10.2. The average Bonchev–Trinajstić information content (AvgIpc) is 2.43. The van der Waals surface area contributed by atoms with Crippen molar-refractivity contribution in [2.24, 2.45) is 0 Å². The van der Waals surface area contributed by atoms with Crippen LogP contribution in [-0.4, -0.2) is 29.6 Å². The maximum absolute atomic E-state index is 12.1. The van der Waals surface area contributed by atoms with Crippen molar-refractivity contribution in [2.45, 2.75) is 18.9 Å². The Morgan fingerprint density at radius 2 is 2.21 bits per heavy atom. The maximum atomic E-state index is 12.1. The summed E-state index contributed by atoms with van der Waals surface area (Å²) in [6.07, 6.45) is 4.61. The van der Waals surface area contributed by atoms with Crippen molar-refractivity contribution in [2.75, 3.05) is 11.4 Å². The summed E-state index contributed by atoms with van der Waals surface area (Å²) in [5.41, 5.74) is 0.585. The lowest BCUT2D eigenvalue weighted by Gasteiger charge is -2.33. The van der Waals surface area contributed by atoms with Crippen molar-refractivity contribution in [3.05, 3.63) is 24.3 Å². The third-order valence-electron chi connectivity index (χ3n) is 2.83. The van der Waals surface area contributed by atoms with Gasteiger partial charge in [0.05, 0.1) is 12.2 Å². The lowest BCUT2D eigenvalue weighted by molar-refractivity contribution is -0.145. The summed E-state index contributed by atoms with van der Waals surface area (Å²) in [6.45, 7) is -0.00421. The highest BCUT2D eigenvalue weighted by Gasteiger charge is 2.33. The van der Waals surface area contributed by atoms with E-state index < -0.39 is 12.1 Å². The van der Waals surface area contributed by atoms with Crippen molar-refractivity contribution in [3.8, 4) is 18.1 Å². The quantitative estimate of drug-likeness (QED) is 0.830. The Kier molecular flexibility index (Phi) is 3.71. The molecule has 0 saturated heterocycles. The van der Waals surface area contributed by atoms with Gasteiger partial charge in [-0.1, -0.05) is 12.1 Å². The zero-order valence-corrected chi connectivity index (χ0v) is 10.2. The van der Waals surface area contributed by atoms with Gasteiger partial charge in [-0.15, -0.1) is 12.3 Å². The Hall–Kier alpha value is -2.48. The first-order valence-electron chi connectivity index (χ1n) is 5.86. The summed E-state index contributed by atoms with van der Waals surface area (Å²) in [7, 11) is 0. The molecule has 5 nitrogen and oxygen atoms in total. The molecule has 1 amide bonds. The molecule has 0 spiro atoms. The number of amides is 1. The van der Waals surface area contributed by atoms with Crippen molar-refractivity contribution in [1.82, 2.24) is 0 Å². The Morgan fingerprint density at radius 1 is 1.47 bits per heavy atom. The smallest absolute Gasteiger partial charge is 0.346 e. The van der Waals surface area contributed by atoms with E-state index in [0.717, 1.165) is 0 Å². The summed E-state index contributed by atoms with van der Waals surface area (Å²) in [5, 5.41) is 9.04. The predicted octanol–water partition coefficient (Wildman–Crippen LogP) is 1.28. The summed E-state index contributed by atoms with van der Waals surface area (Å²) >= 11 is 0. The van der Waals surface area contributed by atoms with Crippen LogP contribution in [0.15, 0.2) is 24.3 Å². The fourth-order valence-electron chi connectivity index (χ4n) is 1.91. The minimum absolute atomic E-state index is 0.00421. The van der Waals surface area contributed by atoms with E-state index in [2.05, 4.69) is 5.92 Å². The Bertz CT molecular complexity index is 547. The molecule has 1 atom stereocenters. The number of hydrogen-bond donors (Lipinski definition) is 1. The highest BCUT2D eigenvalue weighted by molar-refractivity contribution is 5.96. The van der Waals surface area contributed by atoms with Gasteiger partial charge in [0.2, 0.25) is 12.0 Å². The van der Waals surface area contributed by atoms with E-state index in [1.54, 1.807) is 24.3 Å². The van der Waals surface area contributed by atoms with Crippen molar-refractivity contribution < 1.29 is 19.4 Å². The van der Waals surface area contributed by atoms with Gasteiger partial charge in [0.15, 0.2) is 0 Å². The molecule has 0 saturated carbocycles. The highest BCUT2D eigenvalue weighted by atomic mass is 16.5. The molecule has 1 N–H and O–H groups in total. The first kappa shape index (κ1) is 13.0. The van der Waals surface area contributed by atoms with Crippen LogP contribution in [0.3, 0.4) is 0 Å². The van der Waals surface area contributed by atoms with Gasteiger partial charge in [0, 0.05) is 12.8 Å². The molecule has 1 unspecified atom stereocenters. The second-order valence-electron chi connectivity index (χ2n) is 4.12. The highest BCUT2D eigenvalue weighted by Crippen LogP contribution is 2.33. The van der Waals surface area contributed by atoms with Crippen molar-refractivity contribution in [3.63, 3.8) is 0 Å². The maximum Gasteiger partial charge on any atom is 0.346 e. The topological polar surface area (TPSA) is 66.8 Å². The molecule has 0 aliphatic carbocycles. The number of ether oxygens (including phenoxy) is 1. The van der Waals surface area contributed by atoms with Crippen molar-refractivity contribution >= 4 is 17.6 Å². The number of nitrogens with zero attached hydrogens (tertiary/aromatic N) is 1. The molecule has 0 aromatic heterocycles. The Labute approximate surface area is 110 Å². The van der Waals surface area contributed by atoms with Gasteiger partial charge in [0.1, 0.15) is 5.75 Å². The fourth-order valence-corrected chi connectivity index (χ4v) is 1.91. The number of aliphatic carboxylic acids is 1. The van der Waals surface area contributed by atoms with Gasteiger partial charge in [-0.25, -0.2) is 4.79 Å². The summed E-state index contributed by atoms with van der Waals surface area (Å²) in [4.78, 5) is 24.5. The van der Waals surface area contributed by atoms with Gasteiger partial charge in [-0.2, -0.15) is 0 Å². The van der Waals surface area contributed by atoms with Crippen LogP contribution in [0, 0.1) is 12.3 Å². The van der Waals surface area contributed by atoms with Crippen LogP contribution in [0.1, 0.15) is 12.8 Å². The molecule has 2 rings (SSSR count). The molecule has 1 aromatic carbocycles. The SMILES string of the molecule is C#CCCC(=O)N1CC(C(=O)O)Oc2ccccc21. The van der Waals surface area contributed by atoms with Crippen molar-refractivity contribution in [1.29, 1.82) is 0 Å². The summed E-state index contributed by atoms with van der Waals surface area (Å²) in [5.74, 6) is 1.51. The van der Waals surface area contributed by atoms with Gasteiger partial charge in [-0.05, 0) is 12.1 Å². The third kappa shape index (κ3) is 2.68. The van der Waals surface area contributed by atoms with Crippen LogP contribution in [-0.2, 0) is 9.59 Å². The number of carbonyl (C=O) groups is 2. The largest absolute Gasteiger partial charge is 0.478 e. The lowest BCUT2D eigenvalue weighted by atomic mass is 10.1. The molecule has 5 heteroatoms. The lowest BCUT2D eigenvalue weighted by Crippen LogP contribution is -2.47. The minimum atomic E-state index is -1.09. The van der Waals surface area contributed by atoms with Crippen LogP contribution in [0.25, 0.3) is 0 Å². The molecule has 1 aliphatic heterocycles. The van der Waals surface area contributed by atoms with E-state index in [9.17, 15) is 9.59 Å². The number of anilines is 1. The number of carbonyl (C=O) groups excluding carboxylic acids is 1.